The molecular weight excluding hydrogens is 517 g/mol. The van der Waals surface area contributed by atoms with Crippen LogP contribution in [0.1, 0.15) is 0 Å². The van der Waals surface area contributed by atoms with Crippen LogP contribution in [-0.2, 0) is 0 Å². The number of rotatable bonds is 6. The van der Waals surface area contributed by atoms with Crippen LogP contribution in [0.4, 0.5) is 83.1 Å². The van der Waals surface area contributed by atoms with E-state index >= 15 is 0 Å². The van der Waals surface area contributed by atoms with E-state index in [1.807, 2.05) is 0 Å². The maximum atomic E-state index is 13.4. The second kappa shape index (κ2) is 6.62. The maximum Gasteiger partial charge on any atom is 0.469 e. The van der Waals surface area contributed by atoms with E-state index in [1.165, 1.54) is 12.1 Å². The zero-order valence-corrected chi connectivity index (χ0v) is 14.0. The van der Waals surface area contributed by atoms with E-state index in [9.17, 15) is 83.1 Å². The van der Waals surface area contributed by atoms with Gasteiger partial charge in [0.05, 0.1) is 0 Å². The standard InChI is InChI=1S/C8HF19SSi/c9-1(10,3(13,14)5(17,18)19)2(11,12)4(15,16)7(23,24)29(27,28)8(25,26)6(20,21)22/h28H. The molecule has 0 saturated carbocycles. The van der Waals surface area contributed by atoms with E-state index in [0.29, 0.717) is 0 Å². The average Bonchev–Trinajstić information content (AvgIpc) is 2.43. The Kier molecular flexibility index (Phi) is 6.44. The fourth-order valence-corrected chi connectivity index (χ4v) is 3.51. The Labute approximate surface area is 151 Å². The number of halogens is 19. The summed E-state index contributed by atoms with van der Waals surface area (Å²) >= 11 is 1.28. The van der Waals surface area contributed by atoms with Crippen LogP contribution in [0, 0.1) is 0 Å². The van der Waals surface area contributed by atoms with Gasteiger partial charge >= 0.3 is 54.7 Å². The van der Waals surface area contributed by atoms with Crippen molar-refractivity contribution in [3.8, 4) is 0 Å². The van der Waals surface area contributed by atoms with Crippen molar-refractivity contribution >= 4 is 19.6 Å². The summed E-state index contributed by atoms with van der Waals surface area (Å²) in [5, 5.41) is 0. The molecule has 0 aromatic heterocycles. The third-order valence-electron chi connectivity index (χ3n) is 3.12. The Morgan fingerprint density at radius 3 is 0.897 bits per heavy atom. The summed E-state index contributed by atoms with van der Waals surface area (Å²) < 4.78 is 240. The van der Waals surface area contributed by atoms with Gasteiger partial charge in [0.15, 0.2) is 0 Å². The van der Waals surface area contributed by atoms with Crippen LogP contribution in [0.5, 0.6) is 0 Å². The molecule has 0 aliphatic heterocycles. The zero-order chi connectivity index (χ0) is 24.5. The average molecular weight is 518 g/mol. The quantitative estimate of drug-likeness (QED) is 0.181. The first-order valence-electron chi connectivity index (χ1n) is 5.81. The van der Waals surface area contributed by atoms with Gasteiger partial charge in [-0.05, 0) is 0 Å². The Morgan fingerprint density at radius 1 is 0.379 bits per heavy atom. The summed E-state index contributed by atoms with van der Waals surface area (Å²) in [6, 6.07) is 0. The van der Waals surface area contributed by atoms with Crippen molar-refractivity contribution in [3.05, 3.63) is 0 Å². The highest BCUT2D eigenvalue weighted by molar-refractivity contribution is 8.14. The molecule has 1 atom stereocenters. The SMILES string of the molecule is FC(F)(F)C(F)(F)C(F)(F)C(F)(F)C(F)(F)C(F)(F)[Si](F)(S)C(F)(F)C(F)(F)F. The predicted octanol–water partition coefficient (Wildman–Crippen LogP) is 6.34. The van der Waals surface area contributed by atoms with Crippen LogP contribution in [0.3, 0.4) is 0 Å². The van der Waals surface area contributed by atoms with Crippen molar-refractivity contribution in [2.75, 3.05) is 0 Å². The summed E-state index contributed by atoms with van der Waals surface area (Å²) in [5.41, 5.74) is -16.0. The van der Waals surface area contributed by atoms with Crippen LogP contribution in [0.15, 0.2) is 0 Å². The minimum atomic E-state index is -9.41. The molecule has 0 spiro atoms. The minimum absolute atomic E-state index is 1.28. The lowest BCUT2D eigenvalue weighted by molar-refractivity contribution is -0.435. The third kappa shape index (κ3) is 3.42. The second-order valence-electron chi connectivity index (χ2n) is 5.06. The fraction of sp³-hybridized carbons (Fsp3) is 1.00. The van der Waals surface area contributed by atoms with Gasteiger partial charge in [0.1, 0.15) is 0 Å². The van der Waals surface area contributed by atoms with Gasteiger partial charge in [-0.25, -0.2) is 0 Å². The number of hydrogen-bond acceptors (Lipinski definition) is 1. The Morgan fingerprint density at radius 2 is 0.655 bits per heavy atom. The molecule has 0 aliphatic carbocycles. The summed E-state index contributed by atoms with van der Waals surface area (Å²) in [6.07, 6.45) is -15.4. The lowest BCUT2D eigenvalue weighted by Crippen LogP contribution is -2.77. The van der Waals surface area contributed by atoms with E-state index in [4.69, 9.17) is 0 Å². The molecule has 0 fully saturated rings. The number of hydrogen-bond donors (Lipinski definition) is 1. The van der Waals surface area contributed by atoms with Gasteiger partial charge in [0.25, 0.3) is 0 Å². The normalized spacial score (nSPS) is 18.6. The molecule has 0 amide bonds. The van der Waals surface area contributed by atoms with Gasteiger partial charge in [-0.3, -0.25) is 4.11 Å². The highest BCUT2D eigenvalue weighted by atomic mass is 32.3. The van der Waals surface area contributed by atoms with E-state index in [2.05, 4.69) is 0 Å². The summed E-state index contributed by atoms with van der Waals surface area (Å²) in [4.78, 5) is 0. The van der Waals surface area contributed by atoms with Gasteiger partial charge in [-0.2, -0.15) is 91.1 Å². The molecule has 0 aromatic carbocycles. The summed E-state index contributed by atoms with van der Waals surface area (Å²) in [6.45, 7) is 0. The first kappa shape index (κ1) is 28.2. The van der Waals surface area contributed by atoms with Crippen LogP contribution in [0.25, 0.3) is 0 Å². The van der Waals surface area contributed by atoms with Crippen molar-refractivity contribution in [2.45, 2.75) is 47.1 Å². The third-order valence-corrected chi connectivity index (χ3v) is 7.07. The smallest absolute Gasteiger partial charge is 0.285 e. The lowest BCUT2D eigenvalue weighted by atomic mass is 9.98. The Balaban J connectivity index is 6.82. The van der Waals surface area contributed by atoms with E-state index in [0.717, 1.165) is 0 Å². The monoisotopic (exact) mass is 518 g/mol. The molecule has 0 nitrogen and oxygen atoms in total. The zero-order valence-electron chi connectivity index (χ0n) is 12.1. The van der Waals surface area contributed by atoms with Gasteiger partial charge in [0.2, 0.25) is 0 Å². The molecule has 0 aromatic rings. The molecule has 21 heteroatoms. The van der Waals surface area contributed by atoms with Gasteiger partial charge in [-0.15, -0.1) is 0 Å². The van der Waals surface area contributed by atoms with E-state index in [-0.39, 0.29) is 0 Å². The molecule has 0 bridgehead atoms. The molecule has 0 aliphatic rings. The van der Waals surface area contributed by atoms with Crippen molar-refractivity contribution in [1.82, 2.24) is 0 Å². The molecule has 0 heterocycles. The Bertz CT molecular complexity index is 559. The van der Waals surface area contributed by atoms with Crippen LogP contribution in [0.2, 0.25) is 0 Å². The predicted molar refractivity (Wildman–Crippen MR) is 57.6 cm³/mol. The minimum Gasteiger partial charge on any atom is -0.285 e. The van der Waals surface area contributed by atoms with E-state index < -0.39 is 54.7 Å². The van der Waals surface area contributed by atoms with Crippen molar-refractivity contribution in [3.63, 3.8) is 0 Å². The summed E-state index contributed by atoms with van der Waals surface area (Å²) in [5.74, 6) is -34.2. The van der Waals surface area contributed by atoms with Gasteiger partial charge < -0.3 is 0 Å². The van der Waals surface area contributed by atoms with Crippen LogP contribution >= 0.6 is 12.1 Å². The molecular formula is C8HF19SSi. The first-order valence-corrected chi connectivity index (χ1v) is 8.98. The molecule has 176 valence electrons. The molecule has 29 heavy (non-hydrogen) atoms. The van der Waals surface area contributed by atoms with Crippen LogP contribution in [-0.4, -0.2) is 54.7 Å². The van der Waals surface area contributed by atoms with Crippen molar-refractivity contribution in [1.29, 1.82) is 0 Å². The molecule has 0 saturated heterocycles. The molecule has 0 N–H and O–H groups in total. The number of thiol groups is 1. The Hall–Kier alpha value is -0.763. The number of alkyl halides is 18. The molecule has 0 radical (unpaired) electrons. The highest BCUT2D eigenvalue weighted by Crippen LogP contribution is 2.64. The van der Waals surface area contributed by atoms with Gasteiger partial charge in [0, 0.05) is 0 Å². The second-order valence-corrected chi connectivity index (χ2v) is 9.41. The first-order chi connectivity index (χ1) is 12.0. The highest BCUT2D eigenvalue weighted by Gasteiger charge is 2.96. The topological polar surface area (TPSA) is 0 Å². The van der Waals surface area contributed by atoms with Crippen molar-refractivity contribution < 1.29 is 83.1 Å². The van der Waals surface area contributed by atoms with E-state index in [1.54, 1.807) is 0 Å². The maximum absolute atomic E-state index is 13.4. The van der Waals surface area contributed by atoms with Crippen LogP contribution < -0.4 is 0 Å². The summed E-state index contributed by atoms with van der Waals surface area (Å²) in [7, 11) is -9.41. The largest absolute Gasteiger partial charge is 0.469 e. The molecule has 0 rings (SSSR count). The molecule has 1 unspecified atom stereocenters. The van der Waals surface area contributed by atoms with Crippen molar-refractivity contribution in [2.24, 2.45) is 0 Å². The fourth-order valence-electron chi connectivity index (χ4n) is 1.36. The lowest BCUT2D eigenvalue weighted by Gasteiger charge is -2.43. The van der Waals surface area contributed by atoms with Gasteiger partial charge in [-0.1, -0.05) is 0 Å².